The molecule has 0 saturated carbocycles. The Hall–Kier alpha value is -4.56. The van der Waals surface area contributed by atoms with Crippen molar-refractivity contribution in [3.8, 4) is 5.69 Å². The average Bonchev–Trinajstić information content (AvgIpc) is 3.45. The van der Waals surface area contributed by atoms with Gasteiger partial charge in [0.25, 0.3) is 0 Å². The number of fused-ring (bicyclic) bond motifs is 9. The van der Waals surface area contributed by atoms with E-state index in [2.05, 4.69) is 144 Å². The predicted octanol–water partition coefficient (Wildman–Crippen LogP) is 9.48. The molecule has 0 N–H and O–H groups in total. The molecule has 0 saturated heterocycles. The van der Waals surface area contributed by atoms with E-state index in [1.54, 1.807) is 0 Å². The van der Waals surface area contributed by atoms with Crippen LogP contribution in [-0.4, -0.2) is 9.13 Å². The standard InChI is InChI=1S/C34H26N2/c1-3-12-24(4-2)36-31-22-21-30-32(33(31)28-20-19-23-13-8-9-16-26(23)34(28)36)27-17-10-11-18-29(27)35(30)25-14-6-5-7-15-25/h3-22H,1-2H3/b12-3-,24-4+. The second kappa shape index (κ2) is 8.00. The van der Waals surface area contributed by atoms with Gasteiger partial charge in [-0.3, -0.25) is 0 Å². The predicted molar refractivity (Wildman–Crippen MR) is 156 cm³/mol. The molecule has 0 unspecified atom stereocenters. The molecule has 36 heavy (non-hydrogen) atoms. The molecular weight excluding hydrogens is 436 g/mol. The lowest BCUT2D eigenvalue weighted by molar-refractivity contribution is 1.18. The van der Waals surface area contributed by atoms with Gasteiger partial charge in [0, 0.05) is 38.3 Å². The molecule has 7 rings (SSSR count). The van der Waals surface area contributed by atoms with Gasteiger partial charge < -0.3 is 9.13 Å². The number of nitrogens with zero attached hydrogens (tertiary/aromatic N) is 2. The zero-order valence-corrected chi connectivity index (χ0v) is 20.4. The van der Waals surface area contributed by atoms with Crippen molar-refractivity contribution in [3.05, 3.63) is 121 Å². The molecule has 0 aliphatic carbocycles. The van der Waals surface area contributed by atoms with Crippen LogP contribution >= 0.6 is 0 Å². The molecule has 2 heterocycles. The minimum absolute atomic E-state index is 1.18. The largest absolute Gasteiger partial charge is 0.309 e. The fraction of sp³-hybridized carbons (Fsp3) is 0.0588. The molecule has 2 nitrogen and oxygen atoms in total. The molecule has 0 amide bonds. The Bertz CT molecular complexity index is 2000. The third-order valence-corrected chi connectivity index (χ3v) is 7.36. The lowest BCUT2D eigenvalue weighted by atomic mass is 10.0. The smallest absolute Gasteiger partial charge is 0.0619 e. The zero-order valence-electron chi connectivity index (χ0n) is 20.4. The van der Waals surface area contributed by atoms with Crippen molar-refractivity contribution in [2.75, 3.05) is 0 Å². The number of hydrogen-bond donors (Lipinski definition) is 0. The van der Waals surface area contributed by atoms with Crippen LogP contribution in [0.5, 0.6) is 0 Å². The first-order valence-electron chi connectivity index (χ1n) is 12.5. The fourth-order valence-electron chi connectivity index (χ4n) is 5.92. The number of benzene rings is 5. The van der Waals surface area contributed by atoms with Crippen molar-refractivity contribution in [1.82, 2.24) is 9.13 Å². The second-order valence-corrected chi connectivity index (χ2v) is 9.27. The summed E-state index contributed by atoms with van der Waals surface area (Å²) in [5.41, 5.74) is 7.32. The van der Waals surface area contributed by atoms with E-state index >= 15 is 0 Å². The highest BCUT2D eigenvalue weighted by atomic mass is 15.0. The van der Waals surface area contributed by atoms with Crippen molar-refractivity contribution < 1.29 is 0 Å². The van der Waals surface area contributed by atoms with Crippen molar-refractivity contribution >= 4 is 60.1 Å². The number of aromatic nitrogens is 2. The summed E-state index contributed by atoms with van der Waals surface area (Å²) < 4.78 is 4.85. The summed E-state index contributed by atoms with van der Waals surface area (Å²) in [6.07, 6.45) is 6.54. The molecule has 0 bridgehead atoms. The van der Waals surface area contributed by atoms with Crippen LogP contribution < -0.4 is 0 Å². The SMILES string of the molecule is C/C=C\C(=C/C)n1c2ccc3c(c4ccccc4n3-c3ccccc3)c2c2ccc3ccccc3c21. The van der Waals surface area contributed by atoms with Crippen molar-refractivity contribution in [2.24, 2.45) is 0 Å². The summed E-state index contributed by atoms with van der Waals surface area (Å²) in [5.74, 6) is 0. The Kier molecular flexibility index (Phi) is 4.62. The number of allylic oxidation sites excluding steroid dienone is 4. The average molecular weight is 463 g/mol. The lowest BCUT2D eigenvalue weighted by Crippen LogP contribution is -1.95. The molecule has 0 aliphatic rings. The van der Waals surface area contributed by atoms with Crippen LogP contribution in [0.25, 0.3) is 65.8 Å². The molecule has 5 aromatic carbocycles. The van der Waals surface area contributed by atoms with E-state index in [1.807, 2.05) is 0 Å². The highest BCUT2D eigenvalue weighted by Crippen LogP contribution is 2.43. The van der Waals surface area contributed by atoms with Gasteiger partial charge in [-0.1, -0.05) is 84.9 Å². The number of rotatable bonds is 3. The van der Waals surface area contributed by atoms with Gasteiger partial charge in [-0.2, -0.15) is 0 Å². The minimum Gasteiger partial charge on any atom is -0.309 e. The summed E-state index contributed by atoms with van der Waals surface area (Å²) in [6.45, 7) is 4.21. The maximum absolute atomic E-state index is 2.45. The molecule has 0 spiro atoms. The van der Waals surface area contributed by atoms with Gasteiger partial charge in [-0.15, -0.1) is 0 Å². The number of hydrogen-bond acceptors (Lipinski definition) is 0. The molecule has 0 aliphatic heterocycles. The van der Waals surface area contributed by atoms with Gasteiger partial charge in [0.1, 0.15) is 0 Å². The summed E-state index contributed by atoms with van der Waals surface area (Å²) in [5, 5.41) is 7.71. The van der Waals surface area contributed by atoms with E-state index in [0.717, 1.165) is 0 Å². The normalized spacial score (nSPS) is 12.8. The van der Waals surface area contributed by atoms with E-state index in [1.165, 1.54) is 65.8 Å². The van der Waals surface area contributed by atoms with E-state index in [0.29, 0.717) is 0 Å². The third-order valence-electron chi connectivity index (χ3n) is 7.36. The molecule has 172 valence electrons. The maximum atomic E-state index is 2.45. The first kappa shape index (κ1) is 20.8. The van der Waals surface area contributed by atoms with E-state index in [9.17, 15) is 0 Å². The maximum Gasteiger partial charge on any atom is 0.0619 e. The van der Waals surface area contributed by atoms with E-state index in [4.69, 9.17) is 0 Å². The molecule has 2 heteroatoms. The van der Waals surface area contributed by atoms with Crippen LogP contribution in [0.3, 0.4) is 0 Å². The van der Waals surface area contributed by atoms with Gasteiger partial charge in [0.05, 0.1) is 22.1 Å². The Morgan fingerprint density at radius 2 is 1.28 bits per heavy atom. The first-order valence-corrected chi connectivity index (χ1v) is 12.5. The van der Waals surface area contributed by atoms with Crippen molar-refractivity contribution in [1.29, 1.82) is 0 Å². The van der Waals surface area contributed by atoms with Gasteiger partial charge in [0.2, 0.25) is 0 Å². The lowest BCUT2D eigenvalue weighted by Gasteiger charge is -2.11. The Morgan fingerprint density at radius 1 is 0.583 bits per heavy atom. The molecule has 0 radical (unpaired) electrons. The molecule has 0 atom stereocenters. The van der Waals surface area contributed by atoms with Crippen molar-refractivity contribution in [3.63, 3.8) is 0 Å². The summed E-state index contributed by atoms with van der Waals surface area (Å²) in [4.78, 5) is 0. The quantitative estimate of drug-likeness (QED) is 0.231. The van der Waals surface area contributed by atoms with Gasteiger partial charge in [0.15, 0.2) is 0 Å². The second-order valence-electron chi connectivity index (χ2n) is 9.27. The van der Waals surface area contributed by atoms with Gasteiger partial charge in [-0.05, 0) is 55.6 Å². The van der Waals surface area contributed by atoms with Gasteiger partial charge >= 0.3 is 0 Å². The third kappa shape index (κ3) is 2.79. The minimum atomic E-state index is 1.18. The molecule has 7 aromatic rings. The van der Waals surface area contributed by atoms with Gasteiger partial charge in [-0.25, -0.2) is 0 Å². The van der Waals surface area contributed by atoms with Crippen LogP contribution in [0, 0.1) is 0 Å². The topological polar surface area (TPSA) is 9.86 Å². The highest BCUT2D eigenvalue weighted by molar-refractivity contribution is 6.31. The molecule has 0 fully saturated rings. The molecular formula is C34H26N2. The van der Waals surface area contributed by atoms with Crippen molar-refractivity contribution in [2.45, 2.75) is 13.8 Å². The highest BCUT2D eigenvalue weighted by Gasteiger charge is 2.21. The first-order chi connectivity index (χ1) is 17.8. The summed E-state index contributed by atoms with van der Waals surface area (Å²) >= 11 is 0. The fourth-order valence-corrected chi connectivity index (χ4v) is 5.92. The number of para-hydroxylation sites is 2. The van der Waals surface area contributed by atoms with Crippen LogP contribution in [0.15, 0.2) is 121 Å². The Labute approximate surface area is 210 Å². The van der Waals surface area contributed by atoms with E-state index in [-0.39, 0.29) is 0 Å². The van der Waals surface area contributed by atoms with Crippen LogP contribution in [-0.2, 0) is 0 Å². The Morgan fingerprint density at radius 3 is 2.08 bits per heavy atom. The van der Waals surface area contributed by atoms with E-state index < -0.39 is 0 Å². The van der Waals surface area contributed by atoms with Crippen LogP contribution in [0.1, 0.15) is 13.8 Å². The zero-order chi connectivity index (χ0) is 24.2. The van der Waals surface area contributed by atoms with Crippen LogP contribution in [0.4, 0.5) is 0 Å². The molecule has 2 aromatic heterocycles. The summed E-state index contributed by atoms with van der Waals surface area (Å²) in [7, 11) is 0. The summed E-state index contributed by atoms with van der Waals surface area (Å²) in [6, 6.07) is 37.4. The Balaban J connectivity index is 1.78. The monoisotopic (exact) mass is 462 g/mol. The van der Waals surface area contributed by atoms with Crippen LogP contribution in [0.2, 0.25) is 0 Å².